The molecule has 2 aromatic heterocycles. The summed E-state index contributed by atoms with van der Waals surface area (Å²) in [5.41, 5.74) is 0.140. The van der Waals surface area contributed by atoms with Crippen molar-refractivity contribution in [2.75, 3.05) is 19.0 Å². The van der Waals surface area contributed by atoms with Crippen molar-refractivity contribution in [2.24, 2.45) is 0 Å². The lowest BCUT2D eigenvalue weighted by atomic mass is 10.1. The Morgan fingerprint density at radius 3 is 2.56 bits per heavy atom. The number of hydrogen-bond donors (Lipinski definition) is 2. The number of nitrogens with zero attached hydrogens (tertiary/aromatic N) is 2. The number of benzene rings is 2. The van der Waals surface area contributed by atoms with Gasteiger partial charge in [0.15, 0.2) is 5.65 Å². The van der Waals surface area contributed by atoms with Gasteiger partial charge in [0.05, 0.1) is 12.7 Å². The summed E-state index contributed by atoms with van der Waals surface area (Å²) in [6.45, 7) is 2.03. The van der Waals surface area contributed by atoms with E-state index in [2.05, 4.69) is 15.4 Å². The predicted molar refractivity (Wildman–Crippen MR) is 116 cm³/mol. The van der Waals surface area contributed by atoms with E-state index in [9.17, 15) is 18.0 Å². The Bertz CT molecular complexity index is 1310. The summed E-state index contributed by atoms with van der Waals surface area (Å²) in [6.07, 6.45) is -4.38. The Morgan fingerprint density at radius 2 is 1.88 bits per heavy atom. The number of H-pyrrole nitrogens is 1. The molecule has 0 radical (unpaired) electrons. The number of aromatic amines is 1. The fourth-order valence-corrected chi connectivity index (χ4v) is 3.65. The first-order chi connectivity index (χ1) is 15.3. The molecule has 0 atom stereocenters. The number of methoxy groups -OCH3 is 1. The second kappa shape index (κ2) is 8.41. The molecule has 32 heavy (non-hydrogen) atoms. The van der Waals surface area contributed by atoms with E-state index in [1.165, 1.54) is 0 Å². The second-order valence-electron chi connectivity index (χ2n) is 7.27. The van der Waals surface area contributed by atoms with Gasteiger partial charge in [0.25, 0.3) is 5.56 Å². The van der Waals surface area contributed by atoms with Crippen LogP contribution in [0.25, 0.3) is 16.8 Å². The number of anilines is 1. The van der Waals surface area contributed by atoms with Crippen LogP contribution in [0.5, 0.6) is 5.75 Å². The number of aromatic nitrogens is 3. The van der Waals surface area contributed by atoms with Crippen LogP contribution in [0.2, 0.25) is 0 Å². The molecule has 2 aromatic carbocycles. The van der Waals surface area contributed by atoms with E-state index >= 15 is 0 Å². The molecule has 0 bridgehead atoms. The van der Waals surface area contributed by atoms with Gasteiger partial charge >= 0.3 is 6.18 Å². The number of ether oxygens (including phenoxy) is 1. The molecule has 0 aliphatic heterocycles. The fraction of sp³-hybridized carbons (Fsp3) is 0.217. The van der Waals surface area contributed by atoms with Crippen molar-refractivity contribution in [3.63, 3.8) is 0 Å². The van der Waals surface area contributed by atoms with Gasteiger partial charge in [-0.2, -0.15) is 13.2 Å². The molecule has 9 heteroatoms. The molecule has 0 saturated carbocycles. The van der Waals surface area contributed by atoms with Crippen LogP contribution in [0.4, 0.5) is 18.9 Å². The van der Waals surface area contributed by atoms with E-state index in [1.54, 1.807) is 44.4 Å². The first-order valence-electron chi connectivity index (χ1n) is 9.94. The van der Waals surface area contributed by atoms with E-state index < -0.39 is 17.4 Å². The lowest BCUT2D eigenvalue weighted by molar-refractivity contribution is -0.140. The minimum atomic E-state index is -4.67. The largest absolute Gasteiger partial charge is 0.497 e. The average molecular weight is 442 g/mol. The number of fused-ring (bicyclic) bond motifs is 1. The van der Waals surface area contributed by atoms with E-state index in [0.29, 0.717) is 35.5 Å². The number of aryl methyl sites for hydroxylation is 1. The monoisotopic (exact) mass is 442 g/mol. The third-order valence-corrected chi connectivity index (χ3v) is 5.20. The zero-order valence-corrected chi connectivity index (χ0v) is 17.5. The second-order valence-corrected chi connectivity index (χ2v) is 7.27. The van der Waals surface area contributed by atoms with Gasteiger partial charge in [0.2, 0.25) is 0 Å². The summed E-state index contributed by atoms with van der Waals surface area (Å²) in [4.78, 5) is 17.5. The molecule has 166 valence electrons. The van der Waals surface area contributed by atoms with Crippen LogP contribution >= 0.6 is 0 Å². The quantitative estimate of drug-likeness (QED) is 0.455. The van der Waals surface area contributed by atoms with Crippen molar-refractivity contribution in [1.82, 2.24) is 14.6 Å². The highest BCUT2D eigenvalue weighted by Crippen LogP contribution is 2.38. The van der Waals surface area contributed by atoms with Crippen LogP contribution < -0.4 is 15.6 Å². The molecule has 0 amide bonds. The van der Waals surface area contributed by atoms with Gasteiger partial charge in [-0.25, -0.2) is 9.50 Å². The van der Waals surface area contributed by atoms with Gasteiger partial charge in [-0.15, -0.1) is 0 Å². The Labute approximate surface area is 181 Å². The third kappa shape index (κ3) is 4.05. The molecule has 2 N–H and O–H groups in total. The third-order valence-electron chi connectivity index (χ3n) is 5.20. The number of halogens is 3. The van der Waals surface area contributed by atoms with E-state index in [1.807, 2.05) is 24.3 Å². The fourth-order valence-electron chi connectivity index (χ4n) is 3.65. The highest BCUT2D eigenvalue weighted by molar-refractivity contribution is 5.80. The Morgan fingerprint density at radius 1 is 1.12 bits per heavy atom. The molecule has 0 spiro atoms. The van der Waals surface area contributed by atoms with E-state index in [-0.39, 0.29) is 11.2 Å². The Hall–Kier alpha value is -3.75. The van der Waals surface area contributed by atoms with E-state index in [4.69, 9.17) is 4.74 Å². The summed E-state index contributed by atoms with van der Waals surface area (Å²) >= 11 is 0. The molecule has 0 unspecified atom stereocenters. The minimum Gasteiger partial charge on any atom is -0.497 e. The topological polar surface area (TPSA) is 71.4 Å². The maximum absolute atomic E-state index is 13.8. The summed E-state index contributed by atoms with van der Waals surface area (Å²) < 4.78 is 47.4. The highest BCUT2D eigenvalue weighted by Gasteiger charge is 2.38. The summed E-state index contributed by atoms with van der Waals surface area (Å²) in [5.74, 6) is 0.689. The number of alkyl halides is 3. The smallest absolute Gasteiger partial charge is 0.433 e. The lowest BCUT2D eigenvalue weighted by Gasteiger charge is -2.10. The van der Waals surface area contributed by atoms with Gasteiger partial charge in [-0.3, -0.25) is 9.89 Å². The van der Waals surface area contributed by atoms with Gasteiger partial charge < -0.3 is 10.1 Å². The minimum absolute atomic E-state index is 0.0458. The van der Waals surface area contributed by atoms with Gasteiger partial charge in [-0.1, -0.05) is 36.4 Å². The van der Waals surface area contributed by atoms with Crippen molar-refractivity contribution in [1.29, 1.82) is 0 Å². The van der Waals surface area contributed by atoms with Crippen LogP contribution in [-0.2, 0) is 12.6 Å². The van der Waals surface area contributed by atoms with Crippen molar-refractivity contribution < 1.29 is 17.9 Å². The average Bonchev–Trinajstić information content (AvgIpc) is 3.17. The number of rotatable bonds is 6. The first kappa shape index (κ1) is 21.5. The predicted octanol–water partition coefficient (Wildman–Crippen LogP) is 4.68. The van der Waals surface area contributed by atoms with E-state index in [0.717, 1.165) is 10.2 Å². The molecular weight excluding hydrogens is 421 g/mol. The molecule has 0 fully saturated rings. The zero-order valence-electron chi connectivity index (χ0n) is 17.5. The molecule has 2 heterocycles. The summed E-state index contributed by atoms with van der Waals surface area (Å²) in [6, 6.07) is 15.4. The Balaban J connectivity index is 1.72. The van der Waals surface area contributed by atoms with Crippen molar-refractivity contribution >= 4 is 11.3 Å². The molecular formula is C23H21F3N4O2. The van der Waals surface area contributed by atoms with Crippen LogP contribution in [0.1, 0.15) is 17.0 Å². The zero-order chi connectivity index (χ0) is 22.9. The van der Waals surface area contributed by atoms with Crippen molar-refractivity contribution in [3.05, 3.63) is 81.9 Å². The highest BCUT2D eigenvalue weighted by atomic mass is 19.4. The standard InChI is InChI=1S/C23H21F3N4O2/c1-14-18(11-12-27-16-9-6-10-17(13-16)32-2)22(31)30-21(28-14)19(15-7-4-3-5-8-15)20(29-30)23(24,25)26/h3-10,13,27,29H,11-12H2,1-2H3. The summed E-state index contributed by atoms with van der Waals surface area (Å²) in [5, 5.41) is 5.43. The van der Waals surface area contributed by atoms with Crippen molar-refractivity contribution in [3.8, 4) is 16.9 Å². The van der Waals surface area contributed by atoms with Crippen LogP contribution in [-0.4, -0.2) is 28.3 Å². The van der Waals surface area contributed by atoms with Gasteiger partial charge in [0, 0.05) is 29.6 Å². The number of hydrogen-bond acceptors (Lipinski definition) is 4. The SMILES string of the molecule is COc1cccc(NCCc2c(C)nc3c(-c4ccccc4)c(C(F)(F)F)[nH]n3c2=O)c1. The maximum atomic E-state index is 13.8. The normalized spacial score (nSPS) is 11.7. The Kier molecular flexibility index (Phi) is 5.65. The molecule has 4 rings (SSSR count). The van der Waals surface area contributed by atoms with Crippen LogP contribution in [0.3, 0.4) is 0 Å². The van der Waals surface area contributed by atoms with Crippen LogP contribution in [0.15, 0.2) is 59.4 Å². The number of nitrogens with one attached hydrogen (secondary N) is 2. The lowest BCUT2D eigenvalue weighted by Crippen LogP contribution is -2.24. The van der Waals surface area contributed by atoms with Gasteiger partial charge in [0.1, 0.15) is 11.4 Å². The van der Waals surface area contributed by atoms with Crippen LogP contribution in [0, 0.1) is 6.92 Å². The first-order valence-corrected chi connectivity index (χ1v) is 9.94. The molecule has 4 aromatic rings. The van der Waals surface area contributed by atoms with Gasteiger partial charge in [-0.05, 0) is 31.0 Å². The molecule has 0 saturated heterocycles. The van der Waals surface area contributed by atoms with Crippen molar-refractivity contribution in [2.45, 2.75) is 19.5 Å². The molecule has 6 nitrogen and oxygen atoms in total. The summed E-state index contributed by atoms with van der Waals surface area (Å²) in [7, 11) is 1.57. The maximum Gasteiger partial charge on any atom is 0.433 e. The molecule has 0 aliphatic carbocycles. The molecule has 0 aliphatic rings.